The fourth-order valence-electron chi connectivity index (χ4n) is 1.37. The van der Waals surface area contributed by atoms with Crippen LogP contribution in [0.15, 0.2) is 30.3 Å². The first kappa shape index (κ1) is 11.9. The molecule has 0 saturated heterocycles. The molecule has 2 N–H and O–H groups in total. The SMILES string of the molecule is COCC(N)C(=O)CCc1ccccc1. The van der Waals surface area contributed by atoms with Crippen LogP contribution in [0.4, 0.5) is 0 Å². The van der Waals surface area contributed by atoms with E-state index in [1.165, 1.54) is 0 Å². The summed E-state index contributed by atoms with van der Waals surface area (Å²) in [5.41, 5.74) is 6.78. The van der Waals surface area contributed by atoms with Crippen molar-refractivity contribution in [2.24, 2.45) is 5.73 Å². The van der Waals surface area contributed by atoms with E-state index in [0.717, 1.165) is 12.0 Å². The van der Waals surface area contributed by atoms with Crippen molar-refractivity contribution in [1.82, 2.24) is 0 Å². The highest BCUT2D eigenvalue weighted by atomic mass is 16.5. The summed E-state index contributed by atoms with van der Waals surface area (Å²) in [7, 11) is 1.55. The molecule has 0 spiro atoms. The molecule has 1 atom stereocenters. The van der Waals surface area contributed by atoms with Crippen molar-refractivity contribution in [1.29, 1.82) is 0 Å². The number of Topliss-reactive ketones (excluding diaryl/α,β-unsaturated/α-hetero) is 1. The van der Waals surface area contributed by atoms with E-state index in [1.807, 2.05) is 30.3 Å². The van der Waals surface area contributed by atoms with Gasteiger partial charge in [-0.2, -0.15) is 0 Å². The number of hydrogen-bond acceptors (Lipinski definition) is 3. The van der Waals surface area contributed by atoms with Crippen LogP contribution in [0, 0.1) is 0 Å². The Bertz CT molecular complexity index is 298. The van der Waals surface area contributed by atoms with Crippen molar-refractivity contribution in [3.8, 4) is 0 Å². The molecule has 1 unspecified atom stereocenters. The van der Waals surface area contributed by atoms with Crippen molar-refractivity contribution in [3.63, 3.8) is 0 Å². The van der Waals surface area contributed by atoms with Gasteiger partial charge in [-0.1, -0.05) is 30.3 Å². The predicted octanol–water partition coefficient (Wildman–Crippen LogP) is 1.16. The zero-order valence-electron chi connectivity index (χ0n) is 8.98. The van der Waals surface area contributed by atoms with E-state index in [0.29, 0.717) is 13.0 Å². The highest BCUT2D eigenvalue weighted by Gasteiger charge is 2.12. The normalized spacial score (nSPS) is 12.4. The van der Waals surface area contributed by atoms with E-state index in [4.69, 9.17) is 10.5 Å². The number of rotatable bonds is 6. The van der Waals surface area contributed by atoms with Crippen molar-refractivity contribution in [2.75, 3.05) is 13.7 Å². The molecule has 1 aromatic rings. The fraction of sp³-hybridized carbons (Fsp3) is 0.417. The lowest BCUT2D eigenvalue weighted by atomic mass is 10.0. The van der Waals surface area contributed by atoms with Crippen LogP contribution in [-0.4, -0.2) is 25.5 Å². The van der Waals surface area contributed by atoms with Gasteiger partial charge in [0.25, 0.3) is 0 Å². The summed E-state index contributed by atoms with van der Waals surface area (Å²) >= 11 is 0. The molecule has 0 aromatic heterocycles. The quantitative estimate of drug-likeness (QED) is 0.761. The number of ketones is 1. The van der Waals surface area contributed by atoms with Gasteiger partial charge in [-0.25, -0.2) is 0 Å². The number of ether oxygens (including phenoxy) is 1. The zero-order chi connectivity index (χ0) is 11.1. The summed E-state index contributed by atoms with van der Waals surface area (Å²) in [6.07, 6.45) is 1.23. The van der Waals surface area contributed by atoms with Gasteiger partial charge in [0.15, 0.2) is 5.78 Å². The smallest absolute Gasteiger partial charge is 0.152 e. The monoisotopic (exact) mass is 207 g/mol. The van der Waals surface area contributed by atoms with Gasteiger partial charge in [-0.05, 0) is 12.0 Å². The molecule has 82 valence electrons. The number of aryl methyl sites for hydroxylation is 1. The topological polar surface area (TPSA) is 52.3 Å². The summed E-state index contributed by atoms with van der Waals surface area (Å²) in [5.74, 6) is 0.0562. The maximum Gasteiger partial charge on any atom is 0.152 e. The van der Waals surface area contributed by atoms with Crippen LogP contribution in [0.5, 0.6) is 0 Å². The van der Waals surface area contributed by atoms with Gasteiger partial charge in [-0.15, -0.1) is 0 Å². The highest BCUT2D eigenvalue weighted by Crippen LogP contribution is 2.03. The third-order valence-electron chi connectivity index (χ3n) is 2.26. The molecular formula is C12H17NO2. The molecule has 1 rings (SSSR count). The Labute approximate surface area is 90.2 Å². The lowest BCUT2D eigenvalue weighted by Gasteiger charge is -2.08. The highest BCUT2D eigenvalue weighted by molar-refractivity contribution is 5.84. The Morgan fingerprint density at radius 3 is 2.67 bits per heavy atom. The van der Waals surface area contributed by atoms with Crippen LogP contribution in [0.3, 0.4) is 0 Å². The first-order valence-electron chi connectivity index (χ1n) is 5.05. The lowest BCUT2D eigenvalue weighted by Crippen LogP contribution is -2.34. The molecule has 15 heavy (non-hydrogen) atoms. The van der Waals surface area contributed by atoms with Crippen LogP contribution in [0.1, 0.15) is 12.0 Å². The minimum Gasteiger partial charge on any atom is -0.383 e. The Morgan fingerprint density at radius 1 is 1.40 bits per heavy atom. The molecule has 0 heterocycles. The van der Waals surface area contributed by atoms with Gasteiger partial charge in [0.2, 0.25) is 0 Å². The van der Waals surface area contributed by atoms with Crippen molar-refractivity contribution >= 4 is 5.78 Å². The van der Waals surface area contributed by atoms with Crippen LogP contribution < -0.4 is 5.73 Å². The third kappa shape index (κ3) is 4.23. The van der Waals surface area contributed by atoms with Gasteiger partial charge in [0, 0.05) is 13.5 Å². The first-order valence-corrected chi connectivity index (χ1v) is 5.05. The van der Waals surface area contributed by atoms with E-state index in [1.54, 1.807) is 7.11 Å². The van der Waals surface area contributed by atoms with Crippen molar-refractivity contribution in [2.45, 2.75) is 18.9 Å². The van der Waals surface area contributed by atoms with E-state index in [-0.39, 0.29) is 5.78 Å². The van der Waals surface area contributed by atoms with Gasteiger partial charge in [0.05, 0.1) is 12.6 Å². The molecular weight excluding hydrogens is 190 g/mol. The van der Waals surface area contributed by atoms with Crippen molar-refractivity contribution < 1.29 is 9.53 Å². The fourth-order valence-corrected chi connectivity index (χ4v) is 1.37. The Morgan fingerprint density at radius 2 is 2.07 bits per heavy atom. The molecule has 3 heteroatoms. The summed E-state index contributed by atoms with van der Waals surface area (Å²) in [4.78, 5) is 11.5. The Kier molecular flexibility index (Phi) is 5.01. The standard InChI is InChI=1S/C12H17NO2/c1-15-9-11(13)12(14)8-7-10-5-3-2-4-6-10/h2-6,11H,7-9,13H2,1H3. The lowest BCUT2D eigenvalue weighted by molar-refractivity contribution is -0.121. The van der Waals surface area contributed by atoms with E-state index in [2.05, 4.69) is 0 Å². The van der Waals surface area contributed by atoms with Crippen LogP contribution in [0.2, 0.25) is 0 Å². The zero-order valence-corrected chi connectivity index (χ0v) is 8.98. The van der Waals surface area contributed by atoms with Gasteiger partial charge >= 0.3 is 0 Å². The Hall–Kier alpha value is -1.19. The number of hydrogen-bond donors (Lipinski definition) is 1. The number of carbonyl (C=O) groups is 1. The number of benzene rings is 1. The molecule has 0 fully saturated rings. The first-order chi connectivity index (χ1) is 7.24. The maximum absolute atomic E-state index is 11.5. The Balaban J connectivity index is 2.34. The molecule has 0 amide bonds. The second-order valence-corrected chi connectivity index (χ2v) is 3.51. The molecule has 0 aliphatic rings. The molecule has 3 nitrogen and oxygen atoms in total. The summed E-state index contributed by atoms with van der Waals surface area (Å²) in [6.45, 7) is 0.299. The second kappa shape index (κ2) is 6.32. The average Bonchev–Trinajstić information content (AvgIpc) is 2.27. The summed E-state index contributed by atoms with van der Waals surface area (Å²) in [6, 6.07) is 9.43. The maximum atomic E-state index is 11.5. The average molecular weight is 207 g/mol. The summed E-state index contributed by atoms with van der Waals surface area (Å²) < 4.78 is 4.83. The largest absolute Gasteiger partial charge is 0.383 e. The van der Waals surface area contributed by atoms with Crippen molar-refractivity contribution in [3.05, 3.63) is 35.9 Å². The molecule has 0 aliphatic heterocycles. The number of nitrogens with two attached hydrogens (primary N) is 1. The minimum atomic E-state index is -0.487. The van der Waals surface area contributed by atoms with Crippen LogP contribution >= 0.6 is 0 Å². The molecule has 1 aromatic carbocycles. The van der Waals surface area contributed by atoms with Crippen LogP contribution in [0.25, 0.3) is 0 Å². The van der Waals surface area contributed by atoms with Crippen LogP contribution in [-0.2, 0) is 16.0 Å². The molecule has 0 saturated carbocycles. The van der Waals surface area contributed by atoms with Gasteiger partial charge in [-0.3, -0.25) is 4.79 Å². The molecule has 0 aliphatic carbocycles. The minimum absolute atomic E-state index is 0.0562. The third-order valence-corrected chi connectivity index (χ3v) is 2.26. The number of methoxy groups -OCH3 is 1. The predicted molar refractivity (Wildman–Crippen MR) is 59.6 cm³/mol. The summed E-state index contributed by atoms with van der Waals surface area (Å²) in [5, 5.41) is 0. The number of carbonyl (C=O) groups excluding carboxylic acids is 1. The second-order valence-electron chi connectivity index (χ2n) is 3.51. The van der Waals surface area contributed by atoms with E-state index in [9.17, 15) is 4.79 Å². The molecule has 0 bridgehead atoms. The van der Waals surface area contributed by atoms with E-state index < -0.39 is 6.04 Å². The molecule has 0 radical (unpaired) electrons. The van der Waals surface area contributed by atoms with Gasteiger partial charge < -0.3 is 10.5 Å². The van der Waals surface area contributed by atoms with E-state index >= 15 is 0 Å². The van der Waals surface area contributed by atoms with Gasteiger partial charge in [0.1, 0.15) is 0 Å².